The summed E-state index contributed by atoms with van der Waals surface area (Å²) in [6.45, 7) is 6.69. The molecular weight excluding hydrogens is 242 g/mol. The third-order valence-corrected chi connectivity index (χ3v) is 3.66. The molecule has 1 N–H and O–H groups in total. The first-order valence-corrected chi connectivity index (χ1v) is 6.54. The molecule has 92 valence electrons. The zero-order valence-corrected chi connectivity index (χ0v) is 11.6. The lowest BCUT2D eigenvalue weighted by Crippen LogP contribution is -2.10. The van der Waals surface area contributed by atoms with Crippen molar-refractivity contribution in [2.24, 2.45) is 0 Å². The largest absolute Gasteiger partial charge is 0.355 e. The lowest BCUT2D eigenvalue weighted by atomic mass is 9.86. The molecule has 0 amide bonds. The van der Waals surface area contributed by atoms with Gasteiger partial charge in [0.15, 0.2) is 0 Å². The van der Waals surface area contributed by atoms with E-state index in [0.717, 1.165) is 10.5 Å². The summed E-state index contributed by atoms with van der Waals surface area (Å²) < 4.78 is 0. The summed E-state index contributed by atoms with van der Waals surface area (Å²) in [6.07, 6.45) is 0. The third kappa shape index (κ3) is 1.79. The second-order valence-corrected chi connectivity index (χ2v) is 6.26. The predicted molar refractivity (Wildman–Crippen MR) is 79.5 cm³/mol. The summed E-state index contributed by atoms with van der Waals surface area (Å²) in [5, 5.41) is 3.21. The molecule has 0 radical (unpaired) electrons. The average molecular weight is 258 g/mol. The molecule has 1 aromatic heterocycles. The first-order valence-electron chi connectivity index (χ1n) is 6.17. The van der Waals surface area contributed by atoms with Gasteiger partial charge in [0.2, 0.25) is 0 Å². The van der Waals surface area contributed by atoms with Gasteiger partial charge < -0.3 is 4.98 Å². The number of rotatable bonds is 0. The van der Waals surface area contributed by atoms with Crippen molar-refractivity contribution in [1.82, 2.24) is 4.98 Å². The van der Waals surface area contributed by atoms with Crippen LogP contribution >= 0.6 is 11.6 Å². The molecule has 3 aromatic rings. The summed E-state index contributed by atoms with van der Waals surface area (Å²) >= 11 is 6.07. The van der Waals surface area contributed by atoms with Crippen molar-refractivity contribution < 1.29 is 0 Å². The van der Waals surface area contributed by atoms with E-state index in [1.165, 1.54) is 21.9 Å². The van der Waals surface area contributed by atoms with Gasteiger partial charge in [-0.3, -0.25) is 0 Å². The van der Waals surface area contributed by atoms with E-state index < -0.39 is 0 Å². The number of halogens is 1. The summed E-state index contributed by atoms with van der Waals surface area (Å²) in [5.41, 5.74) is 3.83. The smallest absolute Gasteiger partial charge is 0.0467 e. The number of aromatic nitrogens is 1. The molecule has 0 aliphatic rings. The van der Waals surface area contributed by atoms with Crippen molar-refractivity contribution in [3.05, 3.63) is 47.0 Å². The Morgan fingerprint density at radius 2 is 1.67 bits per heavy atom. The first-order chi connectivity index (χ1) is 8.45. The number of fused-ring (bicyclic) bond motifs is 3. The van der Waals surface area contributed by atoms with Crippen LogP contribution in [-0.4, -0.2) is 4.98 Å². The number of hydrogen-bond donors (Lipinski definition) is 1. The molecule has 18 heavy (non-hydrogen) atoms. The minimum atomic E-state index is 0.170. The van der Waals surface area contributed by atoms with Crippen LogP contribution in [0.1, 0.15) is 26.3 Å². The lowest BCUT2D eigenvalue weighted by Gasteiger charge is -2.18. The minimum Gasteiger partial charge on any atom is -0.355 e. The summed E-state index contributed by atoms with van der Waals surface area (Å²) in [7, 11) is 0. The van der Waals surface area contributed by atoms with Crippen LogP contribution in [0.15, 0.2) is 36.4 Å². The zero-order chi connectivity index (χ0) is 12.9. The molecule has 1 heterocycles. The summed E-state index contributed by atoms with van der Waals surface area (Å²) in [5.74, 6) is 0. The molecule has 0 saturated heterocycles. The van der Waals surface area contributed by atoms with Crippen LogP contribution in [0.4, 0.5) is 0 Å². The minimum absolute atomic E-state index is 0.170. The molecule has 0 bridgehead atoms. The van der Waals surface area contributed by atoms with Crippen LogP contribution in [0.25, 0.3) is 21.8 Å². The van der Waals surface area contributed by atoms with E-state index in [2.05, 4.69) is 44.0 Å². The monoisotopic (exact) mass is 257 g/mol. The van der Waals surface area contributed by atoms with Crippen molar-refractivity contribution >= 4 is 33.4 Å². The highest BCUT2D eigenvalue weighted by molar-refractivity contribution is 6.31. The maximum Gasteiger partial charge on any atom is 0.0467 e. The van der Waals surface area contributed by atoms with Gasteiger partial charge in [-0.15, -0.1) is 0 Å². The molecule has 0 atom stereocenters. The van der Waals surface area contributed by atoms with Gasteiger partial charge in [0.05, 0.1) is 0 Å². The Morgan fingerprint density at radius 3 is 2.39 bits per heavy atom. The van der Waals surface area contributed by atoms with Crippen molar-refractivity contribution in [3.63, 3.8) is 0 Å². The number of aromatic amines is 1. The van der Waals surface area contributed by atoms with E-state index >= 15 is 0 Å². The SMILES string of the molecule is CC(C)(C)c1ccc2c(c1)[nH]c1ccc(Cl)cc12. The van der Waals surface area contributed by atoms with E-state index in [1.54, 1.807) is 0 Å². The molecule has 0 aliphatic carbocycles. The Kier molecular flexibility index (Phi) is 2.43. The molecule has 0 spiro atoms. The Labute approximate surface area is 112 Å². The van der Waals surface area contributed by atoms with Crippen LogP contribution < -0.4 is 0 Å². The van der Waals surface area contributed by atoms with Gasteiger partial charge >= 0.3 is 0 Å². The van der Waals surface area contributed by atoms with Crippen LogP contribution in [0, 0.1) is 0 Å². The predicted octanol–water partition coefficient (Wildman–Crippen LogP) is 5.27. The van der Waals surface area contributed by atoms with E-state index in [9.17, 15) is 0 Å². The maximum absolute atomic E-state index is 6.07. The first kappa shape index (κ1) is 11.6. The van der Waals surface area contributed by atoms with E-state index in [1.807, 2.05) is 18.2 Å². The molecule has 0 aliphatic heterocycles. The molecule has 0 saturated carbocycles. The molecule has 0 unspecified atom stereocenters. The van der Waals surface area contributed by atoms with Crippen molar-refractivity contribution in [1.29, 1.82) is 0 Å². The number of nitrogens with one attached hydrogen (secondary N) is 1. The van der Waals surface area contributed by atoms with E-state index in [4.69, 9.17) is 11.6 Å². The van der Waals surface area contributed by atoms with Gasteiger partial charge in [-0.1, -0.05) is 44.5 Å². The Bertz CT molecular complexity index is 732. The molecular formula is C16H16ClN. The second kappa shape index (κ2) is 3.76. The molecule has 1 nitrogen and oxygen atoms in total. The standard InChI is InChI=1S/C16H16ClN/c1-16(2,3)10-4-6-12-13-9-11(17)5-7-14(13)18-15(12)8-10/h4-9,18H,1-3H3. The second-order valence-electron chi connectivity index (χ2n) is 5.83. The molecule has 2 aromatic carbocycles. The number of benzene rings is 2. The fourth-order valence-electron chi connectivity index (χ4n) is 2.34. The lowest BCUT2D eigenvalue weighted by molar-refractivity contribution is 0.591. The fraction of sp³-hybridized carbons (Fsp3) is 0.250. The molecule has 2 heteroatoms. The van der Waals surface area contributed by atoms with Gasteiger partial charge in [0, 0.05) is 26.8 Å². The van der Waals surface area contributed by atoms with E-state index in [0.29, 0.717) is 0 Å². The number of hydrogen-bond acceptors (Lipinski definition) is 0. The van der Waals surface area contributed by atoms with Crippen molar-refractivity contribution in [3.8, 4) is 0 Å². The zero-order valence-electron chi connectivity index (χ0n) is 10.8. The van der Waals surface area contributed by atoms with Gasteiger partial charge in [0.1, 0.15) is 0 Å². The summed E-state index contributed by atoms with van der Waals surface area (Å²) in [6, 6.07) is 12.6. The molecule has 0 fully saturated rings. The van der Waals surface area contributed by atoms with Gasteiger partial charge in [-0.2, -0.15) is 0 Å². The quantitative estimate of drug-likeness (QED) is 0.565. The van der Waals surface area contributed by atoms with Gasteiger partial charge in [-0.25, -0.2) is 0 Å². The highest BCUT2D eigenvalue weighted by atomic mass is 35.5. The highest BCUT2D eigenvalue weighted by Crippen LogP contribution is 2.31. The van der Waals surface area contributed by atoms with Crippen LogP contribution in [-0.2, 0) is 5.41 Å². The third-order valence-electron chi connectivity index (χ3n) is 3.43. The van der Waals surface area contributed by atoms with Crippen LogP contribution in [0.3, 0.4) is 0 Å². The molecule has 3 rings (SSSR count). The Balaban J connectivity index is 2.34. The van der Waals surface area contributed by atoms with Gasteiger partial charge in [0.25, 0.3) is 0 Å². The Morgan fingerprint density at radius 1 is 0.889 bits per heavy atom. The Hall–Kier alpha value is -1.47. The summed E-state index contributed by atoms with van der Waals surface area (Å²) in [4.78, 5) is 3.46. The maximum atomic E-state index is 6.07. The van der Waals surface area contributed by atoms with Crippen molar-refractivity contribution in [2.75, 3.05) is 0 Å². The van der Waals surface area contributed by atoms with Gasteiger partial charge in [-0.05, 0) is 35.2 Å². The number of H-pyrrole nitrogens is 1. The van der Waals surface area contributed by atoms with Crippen LogP contribution in [0.2, 0.25) is 5.02 Å². The fourth-order valence-corrected chi connectivity index (χ4v) is 2.51. The van der Waals surface area contributed by atoms with Crippen LogP contribution in [0.5, 0.6) is 0 Å². The van der Waals surface area contributed by atoms with Crippen molar-refractivity contribution in [2.45, 2.75) is 26.2 Å². The normalized spacial score (nSPS) is 12.4. The topological polar surface area (TPSA) is 15.8 Å². The highest BCUT2D eigenvalue weighted by Gasteiger charge is 2.15. The average Bonchev–Trinajstić information content (AvgIpc) is 2.65. The van der Waals surface area contributed by atoms with E-state index in [-0.39, 0.29) is 5.41 Å².